The number of nitrogens with zero attached hydrogens (tertiary/aromatic N) is 3. The highest BCUT2D eigenvalue weighted by molar-refractivity contribution is 5.48. The number of aromatic nitrogens is 1. The van der Waals surface area contributed by atoms with Gasteiger partial charge in [0.1, 0.15) is 11.8 Å². The number of aryl methyl sites for hydroxylation is 1. The first-order valence-corrected chi connectivity index (χ1v) is 9.30. The van der Waals surface area contributed by atoms with Crippen molar-refractivity contribution >= 4 is 6.08 Å². The molecule has 1 fully saturated rings. The molecule has 1 aromatic heterocycles. The van der Waals surface area contributed by atoms with E-state index < -0.39 is 0 Å². The van der Waals surface area contributed by atoms with Crippen LogP contribution in [0.25, 0.3) is 6.08 Å². The van der Waals surface area contributed by atoms with Crippen LogP contribution in [-0.2, 0) is 6.42 Å². The van der Waals surface area contributed by atoms with Crippen molar-refractivity contribution in [3.8, 4) is 12.1 Å². The van der Waals surface area contributed by atoms with Crippen molar-refractivity contribution in [1.29, 1.82) is 10.5 Å². The number of hydrogen-bond acceptors (Lipinski definition) is 3. The molecule has 1 saturated carbocycles. The van der Waals surface area contributed by atoms with E-state index in [9.17, 15) is 0 Å². The van der Waals surface area contributed by atoms with Gasteiger partial charge in [-0.15, -0.1) is 0 Å². The molecule has 2 aromatic rings. The predicted molar refractivity (Wildman–Crippen MR) is 103 cm³/mol. The van der Waals surface area contributed by atoms with Crippen LogP contribution in [0.5, 0.6) is 0 Å². The summed E-state index contributed by atoms with van der Waals surface area (Å²) in [5.74, 6) is 1.40. The minimum Gasteiger partial charge on any atom is -0.245 e. The Bertz CT molecular complexity index is 820. The molecule has 0 bridgehead atoms. The fourth-order valence-electron chi connectivity index (χ4n) is 3.70. The first-order chi connectivity index (χ1) is 12.8. The van der Waals surface area contributed by atoms with Crippen molar-refractivity contribution in [3.63, 3.8) is 0 Å². The third-order valence-corrected chi connectivity index (χ3v) is 5.21. The van der Waals surface area contributed by atoms with E-state index in [1.54, 1.807) is 12.3 Å². The lowest BCUT2D eigenvalue weighted by Gasteiger charge is -2.27. The second kappa shape index (κ2) is 8.97. The van der Waals surface area contributed by atoms with Crippen molar-refractivity contribution in [3.05, 3.63) is 71.1 Å². The fourth-order valence-corrected chi connectivity index (χ4v) is 3.70. The smallest absolute Gasteiger partial charge is 0.140 e. The van der Waals surface area contributed by atoms with Gasteiger partial charge in [-0.1, -0.05) is 43.2 Å². The van der Waals surface area contributed by atoms with Crippen LogP contribution in [0.15, 0.2) is 48.7 Å². The summed E-state index contributed by atoms with van der Waals surface area (Å²) < 4.78 is 0. The van der Waals surface area contributed by atoms with Crippen LogP contribution in [0.4, 0.5) is 0 Å². The van der Waals surface area contributed by atoms with Gasteiger partial charge in [0.25, 0.3) is 0 Å². The molecule has 3 rings (SSSR count). The van der Waals surface area contributed by atoms with E-state index in [2.05, 4.69) is 35.3 Å². The second-order valence-corrected chi connectivity index (χ2v) is 7.09. The standard InChI is InChI=1S/C23H23N3/c24-15-21-9-5-18(6-10-21)4-7-19-2-1-3-20(14-19)8-11-22-12-13-23(16-25)26-17-22/h5-6,8-13,17,19-20H,1-4,7,14H2/b11-8+/t19-,20+/m0/s1. The molecule has 3 heteroatoms. The van der Waals surface area contributed by atoms with Gasteiger partial charge in [-0.05, 0) is 66.8 Å². The molecular weight excluding hydrogens is 318 g/mol. The van der Waals surface area contributed by atoms with E-state index >= 15 is 0 Å². The first-order valence-electron chi connectivity index (χ1n) is 9.30. The zero-order valence-electron chi connectivity index (χ0n) is 14.9. The molecule has 0 radical (unpaired) electrons. The first kappa shape index (κ1) is 17.9. The van der Waals surface area contributed by atoms with Gasteiger partial charge in [-0.3, -0.25) is 0 Å². The van der Waals surface area contributed by atoms with Gasteiger partial charge < -0.3 is 0 Å². The maximum Gasteiger partial charge on any atom is 0.140 e. The lowest BCUT2D eigenvalue weighted by atomic mass is 9.78. The maximum absolute atomic E-state index is 8.88. The van der Waals surface area contributed by atoms with E-state index in [4.69, 9.17) is 10.5 Å². The number of allylic oxidation sites excluding steroid dienone is 1. The van der Waals surface area contributed by atoms with Gasteiger partial charge in [0.15, 0.2) is 0 Å². The Morgan fingerprint density at radius 3 is 2.58 bits per heavy atom. The third-order valence-electron chi connectivity index (χ3n) is 5.21. The summed E-state index contributed by atoms with van der Waals surface area (Å²) >= 11 is 0. The summed E-state index contributed by atoms with van der Waals surface area (Å²) in [5.41, 5.74) is 3.57. The molecular formula is C23H23N3. The molecule has 0 aliphatic heterocycles. The summed E-state index contributed by atoms with van der Waals surface area (Å²) in [6, 6.07) is 15.9. The van der Waals surface area contributed by atoms with Gasteiger partial charge in [-0.2, -0.15) is 10.5 Å². The number of benzene rings is 1. The molecule has 0 amide bonds. The van der Waals surface area contributed by atoms with Crippen LogP contribution in [0.3, 0.4) is 0 Å². The molecule has 0 saturated heterocycles. The van der Waals surface area contributed by atoms with Crippen LogP contribution in [0.1, 0.15) is 54.5 Å². The van der Waals surface area contributed by atoms with Crippen LogP contribution < -0.4 is 0 Å². The summed E-state index contributed by atoms with van der Waals surface area (Å²) in [4.78, 5) is 4.12. The molecule has 1 aromatic carbocycles. The molecule has 0 spiro atoms. The van der Waals surface area contributed by atoms with Crippen LogP contribution >= 0.6 is 0 Å². The van der Waals surface area contributed by atoms with Crippen LogP contribution in [0.2, 0.25) is 0 Å². The zero-order chi connectivity index (χ0) is 18.2. The monoisotopic (exact) mass is 341 g/mol. The fraction of sp³-hybridized carbons (Fsp3) is 0.348. The minimum absolute atomic E-state index is 0.461. The predicted octanol–water partition coefficient (Wildman–Crippen LogP) is 5.28. The van der Waals surface area contributed by atoms with E-state index in [0.29, 0.717) is 11.6 Å². The molecule has 0 unspecified atom stereocenters. The summed E-state index contributed by atoms with van der Waals surface area (Å²) in [6.45, 7) is 0. The molecule has 1 aliphatic rings. The average Bonchev–Trinajstić information content (AvgIpc) is 2.72. The van der Waals surface area contributed by atoms with Gasteiger partial charge in [-0.25, -0.2) is 4.98 Å². The van der Waals surface area contributed by atoms with E-state index in [1.807, 2.05) is 24.3 Å². The average molecular weight is 341 g/mol. The van der Waals surface area contributed by atoms with Crippen LogP contribution in [-0.4, -0.2) is 4.98 Å². The normalized spacial score (nSPS) is 19.8. The van der Waals surface area contributed by atoms with Crippen molar-refractivity contribution in [2.75, 3.05) is 0 Å². The molecule has 2 atom stereocenters. The molecule has 3 nitrogen and oxygen atoms in total. The number of nitriles is 2. The Hall–Kier alpha value is -2.91. The van der Waals surface area contributed by atoms with Crippen molar-refractivity contribution in [1.82, 2.24) is 4.98 Å². The molecule has 1 aliphatic carbocycles. The second-order valence-electron chi connectivity index (χ2n) is 7.09. The molecule has 130 valence electrons. The van der Waals surface area contributed by atoms with Gasteiger partial charge in [0.05, 0.1) is 11.6 Å². The Balaban J connectivity index is 1.50. The van der Waals surface area contributed by atoms with Crippen molar-refractivity contribution in [2.24, 2.45) is 11.8 Å². The summed E-state index contributed by atoms with van der Waals surface area (Å²) in [6.07, 6.45) is 13.6. The molecule has 0 N–H and O–H groups in total. The number of hydrogen-bond donors (Lipinski definition) is 0. The quantitative estimate of drug-likeness (QED) is 0.743. The van der Waals surface area contributed by atoms with Gasteiger partial charge >= 0.3 is 0 Å². The minimum atomic E-state index is 0.461. The number of rotatable bonds is 5. The largest absolute Gasteiger partial charge is 0.245 e. The van der Waals surface area contributed by atoms with Gasteiger partial charge in [0.2, 0.25) is 0 Å². The number of pyridine rings is 1. The molecule has 26 heavy (non-hydrogen) atoms. The van der Waals surface area contributed by atoms with Crippen molar-refractivity contribution < 1.29 is 0 Å². The highest BCUT2D eigenvalue weighted by atomic mass is 14.7. The lowest BCUT2D eigenvalue weighted by molar-refractivity contribution is 0.291. The Morgan fingerprint density at radius 2 is 1.88 bits per heavy atom. The Labute approximate surface area is 155 Å². The zero-order valence-corrected chi connectivity index (χ0v) is 14.9. The van der Waals surface area contributed by atoms with E-state index in [1.165, 1.54) is 37.7 Å². The highest BCUT2D eigenvalue weighted by Gasteiger charge is 2.20. The Morgan fingerprint density at radius 1 is 1.04 bits per heavy atom. The summed E-state index contributed by atoms with van der Waals surface area (Å²) in [5, 5.41) is 17.7. The lowest BCUT2D eigenvalue weighted by Crippen LogP contribution is -2.14. The van der Waals surface area contributed by atoms with E-state index in [-0.39, 0.29) is 0 Å². The summed E-state index contributed by atoms with van der Waals surface area (Å²) in [7, 11) is 0. The highest BCUT2D eigenvalue weighted by Crippen LogP contribution is 2.33. The Kier molecular flexibility index (Phi) is 6.18. The van der Waals surface area contributed by atoms with Crippen LogP contribution in [0, 0.1) is 34.5 Å². The van der Waals surface area contributed by atoms with Crippen molar-refractivity contribution in [2.45, 2.75) is 38.5 Å². The maximum atomic E-state index is 8.88. The van der Waals surface area contributed by atoms with E-state index in [0.717, 1.165) is 23.5 Å². The molecule has 1 heterocycles. The third kappa shape index (κ3) is 5.04. The topological polar surface area (TPSA) is 60.5 Å². The SMILES string of the molecule is N#Cc1ccc(CC[C@@H]2CCC[C@H](/C=C/c3ccc(C#N)nc3)C2)cc1. The van der Waals surface area contributed by atoms with Gasteiger partial charge in [0, 0.05) is 6.20 Å².